The van der Waals surface area contributed by atoms with Gasteiger partial charge in [0.25, 0.3) is 0 Å². The average Bonchev–Trinajstić information content (AvgIpc) is 3.22. The first kappa shape index (κ1) is 26.9. The minimum absolute atomic E-state index is 0.0834. The van der Waals surface area contributed by atoms with Gasteiger partial charge in [-0.3, -0.25) is 4.79 Å². The summed E-state index contributed by atoms with van der Waals surface area (Å²) in [6, 6.07) is 8.72. The van der Waals surface area contributed by atoms with Crippen LogP contribution < -0.4 is 16.0 Å². The number of carbonyl (C=O) groups excluding carboxylic acids is 1. The minimum atomic E-state index is -0.215. The van der Waals surface area contributed by atoms with Crippen molar-refractivity contribution in [2.45, 2.75) is 89.7 Å². The fraction of sp³-hybridized carbons (Fsp3) is 0.613. The summed E-state index contributed by atoms with van der Waals surface area (Å²) in [4.78, 5) is 13.6. The van der Waals surface area contributed by atoms with Crippen LogP contribution in [0.4, 0.5) is 5.69 Å². The van der Waals surface area contributed by atoms with Crippen molar-refractivity contribution < 1.29 is 9.90 Å². The summed E-state index contributed by atoms with van der Waals surface area (Å²) < 4.78 is 2.39. The van der Waals surface area contributed by atoms with Crippen LogP contribution in [0.5, 0.6) is 0 Å². The SMILES string of the molecule is CNCCNCC1CCCc2c3c(n(-c4ccc(C#N)c(NC5CCC(O)CC5)c4)c21)CC(C)(C)CC3=O. The molecule has 1 atom stereocenters. The number of carbonyl (C=O) groups is 1. The number of benzene rings is 1. The second-order valence-electron chi connectivity index (χ2n) is 12.4. The molecule has 7 nitrogen and oxygen atoms in total. The second kappa shape index (κ2) is 11.2. The Morgan fingerprint density at radius 2 is 1.92 bits per heavy atom. The third-order valence-corrected chi connectivity index (χ3v) is 8.72. The van der Waals surface area contributed by atoms with Gasteiger partial charge in [-0.25, -0.2) is 0 Å². The highest BCUT2D eigenvalue weighted by Crippen LogP contribution is 2.45. The highest BCUT2D eigenvalue weighted by molar-refractivity contribution is 6.01. The molecule has 38 heavy (non-hydrogen) atoms. The topological polar surface area (TPSA) is 102 Å². The zero-order chi connectivity index (χ0) is 26.9. The fourth-order valence-electron chi connectivity index (χ4n) is 6.89. The third-order valence-electron chi connectivity index (χ3n) is 8.72. The lowest BCUT2D eigenvalue weighted by molar-refractivity contribution is 0.0910. The van der Waals surface area contributed by atoms with E-state index in [1.54, 1.807) is 0 Å². The number of rotatable bonds is 8. The molecule has 3 aliphatic rings. The number of aliphatic hydroxyl groups is 1. The van der Waals surface area contributed by atoms with Gasteiger partial charge >= 0.3 is 0 Å². The zero-order valence-electron chi connectivity index (χ0n) is 23.2. The summed E-state index contributed by atoms with van der Waals surface area (Å²) >= 11 is 0. The molecule has 1 aromatic heterocycles. The highest BCUT2D eigenvalue weighted by Gasteiger charge is 2.40. The summed E-state index contributed by atoms with van der Waals surface area (Å²) in [7, 11) is 1.97. The summed E-state index contributed by atoms with van der Waals surface area (Å²) in [6.07, 6.45) is 7.77. The van der Waals surface area contributed by atoms with Crippen LogP contribution in [0.1, 0.15) is 97.6 Å². The van der Waals surface area contributed by atoms with Crippen LogP contribution >= 0.6 is 0 Å². The van der Waals surface area contributed by atoms with Crippen molar-refractivity contribution >= 4 is 11.5 Å². The molecular formula is C31H43N5O2. The molecule has 1 aromatic carbocycles. The van der Waals surface area contributed by atoms with E-state index < -0.39 is 0 Å². The van der Waals surface area contributed by atoms with Gasteiger partial charge in [0, 0.05) is 60.7 Å². The molecule has 5 rings (SSSR count). The van der Waals surface area contributed by atoms with E-state index in [9.17, 15) is 15.2 Å². The van der Waals surface area contributed by atoms with Crippen LogP contribution in [0.3, 0.4) is 0 Å². The maximum absolute atomic E-state index is 13.6. The third kappa shape index (κ3) is 5.40. The fourth-order valence-corrected chi connectivity index (χ4v) is 6.89. The van der Waals surface area contributed by atoms with Crippen molar-refractivity contribution in [1.29, 1.82) is 5.26 Å². The van der Waals surface area contributed by atoms with Crippen LogP contribution in [0.25, 0.3) is 5.69 Å². The molecule has 0 spiro atoms. The Bertz CT molecular complexity index is 1220. The Balaban J connectivity index is 1.59. The lowest BCUT2D eigenvalue weighted by Crippen LogP contribution is -2.31. The maximum Gasteiger partial charge on any atom is 0.165 e. The van der Waals surface area contributed by atoms with E-state index in [1.807, 2.05) is 13.1 Å². The van der Waals surface area contributed by atoms with Gasteiger partial charge in [0.15, 0.2) is 5.78 Å². The second-order valence-corrected chi connectivity index (χ2v) is 12.4. The molecule has 0 aliphatic heterocycles. The zero-order valence-corrected chi connectivity index (χ0v) is 23.2. The van der Waals surface area contributed by atoms with Crippen molar-refractivity contribution in [3.63, 3.8) is 0 Å². The van der Waals surface area contributed by atoms with Crippen molar-refractivity contribution in [1.82, 2.24) is 15.2 Å². The number of nitrogens with one attached hydrogen (secondary N) is 3. The van der Waals surface area contributed by atoms with Gasteiger partial charge in [-0.05, 0) is 87.6 Å². The predicted molar refractivity (Wildman–Crippen MR) is 151 cm³/mol. The Kier molecular flexibility index (Phi) is 7.95. The van der Waals surface area contributed by atoms with Gasteiger partial charge in [0.05, 0.1) is 17.4 Å². The molecule has 2 aromatic rings. The van der Waals surface area contributed by atoms with Crippen molar-refractivity contribution in [2.24, 2.45) is 5.41 Å². The normalized spacial score (nSPS) is 24.4. The Morgan fingerprint density at radius 3 is 2.66 bits per heavy atom. The highest BCUT2D eigenvalue weighted by atomic mass is 16.3. The summed E-state index contributed by atoms with van der Waals surface area (Å²) in [5.74, 6) is 0.617. The van der Waals surface area contributed by atoms with Crippen molar-refractivity contribution in [3.05, 3.63) is 46.3 Å². The largest absolute Gasteiger partial charge is 0.393 e. The van der Waals surface area contributed by atoms with E-state index in [-0.39, 0.29) is 23.3 Å². The van der Waals surface area contributed by atoms with Gasteiger partial charge in [-0.1, -0.05) is 13.8 Å². The molecule has 4 N–H and O–H groups in total. The smallest absolute Gasteiger partial charge is 0.165 e. The van der Waals surface area contributed by atoms with Crippen LogP contribution in [-0.4, -0.2) is 54.3 Å². The molecule has 1 heterocycles. The molecule has 0 bridgehead atoms. The monoisotopic (exact) mass is 517 g/mol. The molecule has 1 fully saturated rings. The van der Waals surface area contributed by atoms with Gasteiger partial charge in [-0.15, -0.1) is 0 Å². The molecule has 1 saturated carbocycles. The molecule has 1 unspecified atom stereocenters. The number of anilines is 1. The lowest BCUT2D eigenvalue weighted by Gasteiger charge is -2.31. The molecule has 0 saturated heterocycles. The van der Waals surface area contributed by atoms with E-state index in [0.717, 1.165) is 93.6 Å². The van der Waals surface area contributed by atoms with Crippen molar-refractivity contribution in [2.75, 3.05) is 32.0 Å². The van der Waals surface area contributed by atoms with Gasteiger partial charge in [0.2, 0.25) is 0 Å². The number of fused-ring (bicyclic) bond motifs is 3. The van der Waals surface area contributed by atoms with Gasteiger partial charge in [-0.2, -0.15) is 5.26 Å². The van der Waals surface area contributed by atoms with Gasteiger partial charge in [0.1, 0.15) is 6.07 Å². The standard InChI is InChI=1S/C31H43N5O2/c1-31(2)16-27-29(28(38)17-31)25-6-4-5-21(19-34-14-13-33-3)30(25)36(27)23-10-7-20(18-32)26(15-23)35-22-8-11-24(37)12-9-22/h7,10,15,21-22,24,33-35,37H,4-6,8-9,11-14,16-17,19H2,1-3H3. The Labute approximate surface area is 227 Å². The summed E-state index contributed by atoms with van der Waals surface area (Å²) in [6.45, 7) is 7.12. The average molecular weight is 518 g/mol. The Hall–Kier alpha value is -2.66. The summed E-state index contributed by atoms with van der Waals surface area (Å²) in [5, 5.41) is 30.3. The molecule has 204 valence electrons. The van der Waals surface area contributed by atoms with E-state index in [4.69, 9.17) is 0 Å². The minimum Gasteiger partial charge on any atom is -0.393 e. The van der Waals surface area contributed by atoms with E-state index in [2.05, 4.69) is 52.6 Å². The van der Waals surface area contributed by atoms with E-state index >= 15 is 0 Å². The molecule has 7 heteroatoms. The lowest BCUT2D eigenvalue weighted by atomic mass is 9.74. The summed E-state index contributed by atoms with van der Waals surface area (Å²) in [5.41, 5.74) is 7.11. The van der Waals surface area contributed by atoms with Gasteiger partial charge < -0.3 is 25.6 Å². The predicted octanol–water partition coefficient (Wildman–Crippen LogP) is 4.45. The van der Waals surface area contributed by atoms with E-state index in [0.29, 0.717) is 17.9 Å². The van der Waals surface area contributed by atoms with Crippen molar-refractivity contribution in [3.8, 4) is 11.8 Å². The van der Waals surface area contributed by atoms with Crippen LogP contribution in [0.2, 0.25) is 0 Å². The number of nitriles is 1. The Morgan fingerprint density at radius 1 is 1.13 bits per heavy atom. The number of aromatic nitrogens is 1. The van der Waals surface area contributed by atoms with Crippen LogP contribution in [0.15, 0.2) is 18.2 Å². The van der Waals surface area contributed by atoms with Crippen LogP contribution in [0, 0.1) is 16.7 Å². The molecule has 0 radical (unpaired) electrons. The molecule has 0 amide bonds. The number of aliphatic hydroxyl groups excluding tert-OH is 1. The number of Topliss-reactive ketones (excluding diaryl/α,β-unsaturated/α-hetero) is 1. The molecular weight excluding hydrogens is 474 g/mol. The van der Waals surface area contributed by atoms with Crippen LogP contribution in [-0.2, 0) is 12.8 Å². The quantitative estimate of drug-likeness (QED) is 0.386. The number of ketones is 1. The number of nitrogens with zero attached hydrogens (tertiary/aromatic N) is 2. The number of hydrogen-bond acceptors (Lipinski definition) is 6. The molecule has 3 aliphatic carbocycles. The first-order valence-corrected chi connectivity index (χ1v) is 14.5. The number of likely N-dealkylation sites (N-methyl/N-ethyl adjacent to an activating group) is 1. The first-order valence-electron chi connectivity index (χ1n) is 14.5. The number of hydrogen-bond donors (Lipinski definition) is 4. The first-order chi connectivity index (χ1) is 18.3. The maximum atomic E-state index is 13.6. The van der Waals surface area contributed by atoms with E-state index in [1.165, 1.54) is 11.3 Å².